The largest absolute Gasteiger partial charge is 0.479 e. The van der Waals surface area contributed by atoms with Gasteiger partial charge in [-0.3, -0.25) is 4.79 Å². The molecular formula is C15H14N2O5. The molecule has 0 saturated heterocycles. The smallest absolute Gasteiger partial charge is 0.344 e. The molecule has 0 aliphatic heterocycles. The summed E-state index contributed by atoms with van der Waals surface area (Å²) in [5.41, 5.74) is 3.04. The molecule has 7 nitrogen and oxygen atoms in total. The maximum atomic E-state index is 11.5. The van der Waals surface area contributed by atoms with Crippen LogP contribution >= 0.6 is 0 Å². The van der Waals surface area contributed by atoms with Gasteiger partial charge in [-0.2, -0.15) is 5.10 Å². The van der Waals surface area contributed by atoms with Crippen LogP contribution in [-0.4, -0.2) is 29.3 Å². The Morgan fingerprint density at radius 2 is 2.05 bits per heavy atom. The number of ether oxygens (including phenoxy) is 1. The maximum absolute atomic E-state index is 11.5. The first-order valence-electron chi connectivity index (χ1n) is 6.42. The van der Waals surface area contributed by atoms with E-state index in [2.05, 4.69) is 10.5 Å². The predicted molar refractivity (Wildman–Crippen MR) is 77.9 cm³/mol. The van der Waals surface area contributed by atoms with Gasteiger partial charge in [0, 0.05) is 0 Å². The average Bonchev–Trinajstić information content (AvgIpc) is 3.03. The van der Waals surface area contributed by atoms with Gasteiger partial charge in [-0.15, -0.1) is 0 Å². The molecule has 1 amide bonds. The van der Waals surface area contributed by atoms with Crippen LogP contribution in [0.2, 0.25) is 0 Å². The third kappa shape index (κ3) is 4.20. The molecule has 0 spiro atoms. The minimum absolute atomic E-state index is 0.170. The summed E-state index contributed by atoms with van der Waals surface area (Å²) in [7, 11) is 0. The highest BCUT2D eigenvalue weighted by molar-refractivity contribution is 5.92. The van der Waals surface area contributed by atoms with E-state index in [0.29, 0.717) is 5.75 Å². The molecule has 0 fully saturated rings. The van der Waals surface area contributed by atoms with Gasteiger partial charge in [0.1, 0.15) is 5.75 Å². The quantitative estimate of drug-likeness (QED) is 0.627. The minimum Gasteiger partial charge on any atom is -0.479 e. The van der Waals surface area contributed by atoms with Gasteiger partial charge < -0.3 is 14.3 Å². The van der Waals surface area contributed by atoms with Crippen LogP contribution in [0.25, 0.3) is 0 Å². The highest BCUT2D eigenvalue weighted by atomic mass is 16.5. The van der Waals surface area contributed by atoms with Crippen LogP contribution in [0.4, 0.5) is 0 Å². The molecule has 1 atom stereocenters. The Bertz CT molecular complexity index is 662. The maximum Gasteiger partial charge on any atom is 0.344 e. The van der Waals surface area contributed by atoms with E-state index >= 15 is 0 Å². The highest BCUT2D eigenvalue weighted by Crippen LogP contribution is 2.13. The normalized spacial score (nSPS) is 12.0. The monoisotopic (exact) mass is 302 g/mol. The number of carboxylic acids is 1. The second kappa shape index (κ2) is 7.07. The lowest BCUT2D eigenvalue weighted by molar-refractivity contribution is -0.144. The van der Waals surface area contributed by atoms with Crippen molar-refractivity contribution in [2.24, 2.45) is 5.10 Å². The summed E-state index contributed by atoms with van der Waals surface area (Å²) in [4.78, 5) is 22.2. The van der Waals surface area contributed by atoms with Gasteiger partial charge in [-0.1, -0.05) is 0 Å². The van der Waals surface area contributed by atoms with Crippen molar-refractivity contribution < 1.29 is 23.8 Å². The summed E-state index contributed by atoms with van der Waals surface area (Å²) in [5.74, 6) is -0.877. The SMILES string of the molecule is C[C@H](Oc1ccc(C=NNC(=O)c2ccco2)cc1)C(=O)O. The second-order valence-corrected chi connectivity index (χ2v) is 4.34. The molecule has 0 unspecified atom stereocenters. The molecule has 2 aromatic rings. The average molecular weight is 302 g/mol. The lowest BCUT2D eigenvalue weighted by Crippen LogP contribution is -2.22. The molecule has 114 valence electrons. The lowest BCUT2D eigenvalue weighted by Gasteiger charge is -2.09. The van der Waals surface area contributed by atoms with Crippen molar-refractivity contribution in [1.82, 2.24) is 5.43 Å². The van der Waals surface area contributed by atoms with Gasteiger partial charge in [0.05, 0.1) is 12.5 Å². The van der Waals surface area contributed by atoms with Gasteiger partial charge >= 0.3 is 11.9 Å². The van der Waals surface area contributed by atoms with E-state index in [-0.39, 0.29) is 5.76 Å². The highest BCUT2D eigenvalue weighted by Gasteiger charge is 2.11. The van der Waals surface area contributed by atoms with E-state index < -0.39 is 18.0 Å². The summed E-state index contributed by atoms with van der Waals surface area (Å²) in [6, 6.07) is 9.75. The molecular weight excluding hydrogens is 288 g/mol. The molecule has 1 heterocycles. The second-order valence-electron chi connectivity index (χ2n) is 4.34. The zero-order chi connectivity index (χ0) is 15.9. The molecule has 0 saturated carbocycles. The van der Waals surface area contributed by atoms with Crippen molar-refractivity contribution in [3.05, 3.63) is 54.0 Å². The van der Waals surface area contributed by atoms with Crippen LogP contribution in [0.3, 0.4) is 0 Å². The number of amides is 1. The number of nitrogens with zero attached hydrogens (tertiary/aromatic N) is 1. The Labute approximate surface area is 126 Å². The van der Waals surface area contributed by atoms with E-state index in [4.69, 9.17) is 14.3 Å². The van der Waals surface area contributed by atoms with Crippen LogP contribution in [0, 0.1) is 0 Å². The number of furan rings is 1. The van der Waals surface area contributed by atoms with Gasteiger partial charge in [0.25, 0.3) is 0 Å². The van der Waals surface area contributed by atoms with E-state index in [1.807, 2.05) is 0 Å². The van der Waals surface area contributed by atoms with Gasteiger partial charge in [0.15, 0.2) is 11.9 Å². The number of hydrogen-bond donors (Lipinski definition) is 2. The minimum atomic E-state index is -1.04. The number of rotatable bonds is 6. The van der Waals surface area contributed by atoms with Crippen molar-refractivity contribution in [1.29, 1.82) is 0 Å². The zero-order valence-corrected chi connectivity index (χ0v) is 11.7. The molecule has 1 aromatic carbocycles. The van der Waals surface area contributed by atoms with Crippen LogP contribution in [0.1, 0.15) is 23.0 Å². The Hall–Kier alpha value is -3.09. The summed E-state index contributed by atoms with van der Waals surface area (Å²) >= 11 is 0. The van der Waals surface area contributed by atoms with Crippen molar-refractivity contribution in [2.75, 3.05) is 0 Å². The fourth-order valence-electron chi connectivity index (χ4n) is 1.52. The Kier molecular flexibility index (Phi) is 4.92. The summed E-state index contributed by atoms with van der Waals surface area (Å²) in [6.07, 6.45) is 1.92. The molecule has 1 aromatic heterocycles. The Morgan fingerprint density at radius 1 is 1.32 bits per heavy atom. The summed E-state index contributed by atoms with van der Waals surface area (Å²) in [6.45, 7) is 1.45. The van der Waals surface area contributed by atoms with Crippen LogP contribution in [-0.2, 0) is 4.79 Å². The molecule has 2 rings (SSSR count). The van der Waals surface area contributed by atoms with Crippen molar-refractivity contribution in [2.45, 2.75) is 13.0 Å². The third-order valence-corrected chi connectivity index (χ3v) is 2.67. The van der Waals surface area contributed by atoms with E-state index in [1.165, 1.54) is 25.5 Å². The van der Waals surface area contributed by atoms with Gasteiger partial charge in [-0.25, -0.2) is 10.2 Å². The van der Waals surface area contributed by atoms with Gasteiger partial charge in [-0.05, 0) is 48.9 Å². The summed E-state index contributed by atoms with van der Waals surface area (Å²) in [5, 5.41) is 12.5. The fourth-order valence-corrected chi connectivity index (χ4v) is 1.52. The van der Waals surface area contributed by atoms with Crippen molar-refractivity contribution in [3.8, 4) is 5.75 Å². The first-order valence-corrected chi connectivity index (χ1v) is 6.42. The fraction of sp³-hybridized carbons (Fsp3) is 0.133. The van der Waals surface area contributed by atoms with Crippen LogP contribution in [0.15, 0.2) is 52.2 Å². The van der Waals surface area contributed by atoms with E-state index in [9.17, 15) is 9.59 Å². The number of aliphatic carboxylic acids is 1. The summed E-state index contributed by atoms with van der Waals surface area (Å²) < 4.78 is 10.1. The van der Waals surface area contributed by atoms with E-state index in [0.717, 1.165) is 5.56 Å². The molecule has 7 heteroatoms. The number of nitrogens with one attached hydrogen (secondary N) is 1. The van der Waals surface area contributed by atoms with Crippen molar-refractivity contribution in [3.63, 3.8) is 0 Å². The van der Waals surface area contributed by atoms with Crippen molar-refractivity contribution >= 4 is 18.1 Å². The zero-order valence-electron chi connectivity index (χ0n) is 11.7. The molecule has 0 aliphatic rings. The Morgan fingerprint density at radius 3 is 2.64 bits per heavy atom. The first kappa shape index (κ1) is 15.3. The van der Waals surface area contributed by atoms with Crippen LogP contribution < -0.4 is 10.2 Å². The standard InChI is InChI=1S/C15H14N2O5/c1-10(15(19)20)22-12-6-4-11(5-7-12)9-16-17-14(18)13-3-2-8-21-13/h2-10H,1H3,(H,17,18)(H,19,20)/t10-/m0/s1. The molecule has 0 aliphatic carbocycles. The number of hydrazone groups is 1. The Balaban J connectivity index is 1.89. The number of carboxylic acid groups (broad SMARTS) is 1. The topological polar surface area (TPSA) is 101 Å². The number of hydrogen-bond acceptors (Lipinski definition) is 5. The number of carbonyl (C=O) groups excluding carboxylic acids is 1. The lowest BCUT2D eigenvalue weighted by atomic mass is 10.2. The number of benzene rings is 1. The first-order chi connectivity index (χ1) is 10.6. The molecule has 2 N–H and O–H groups in total. The predicted octanol–water partition coefficient (Wildman–Crippen LogP) is 1.90. The molecule has 0 radical (unpaired) electrons. The third-order valence-electron chi connectivity index (χ3n) is 2.67. The van der Waals surface area contributed by atoms with Gasteiger partial charge in [0.2, 0.25) is 0 Å². The van der Waals surface area contributed by atoms with Crippen LogP contribution in [0.5, 0.6) is 5.75 Å². The molecule has 0 bridgehead atoms. The van der Waals surface area contributed by atoms with E-state index in [1.54, 1.807) is 30.3 Å². The molecule has 22 heavy (non-hydrogen) atoms. The number of carbonyl (C=O) groups is 2.